The molecule has 2 heterocycles. The molecule has 0 bridgehead atoms. The Hall–Kier alpha value is -3.97. The van der Waals surface area contributed by atoms with E-state index >= 15 is 0 Å². The van der Waals surface area contributed by atoms with Crippen LogP contribution < -0.4 is 9.80 Å². The van der Waals surface area contributed by atoms with Gasteiger partial charge in [0.15, 0.2) is 0 Å². The topological polar surface area (TPSA) is 64.1 Å². The molecule has 190 valence electrons. The summed E-state index contributed by atoms with van der Waals surface area (Å²) in [7, 11) is 2.11. The Morgan fingerprint density at radius 1 is 0.892 bits per heavy atom. The maximum absolute atomic E-state index is 13.9. The van der Waals surface area contributed by atoms with Crippen molar-refractivity contribution in [2.75, 3.05) is 43.0 Å². The maximum atomic E-state index is 13.9. The van der Waals surface area contributed by atoms with Gasteiger partial charge >= 0.3 is 0 Å². The number of rotatable bonds is 4. The molecule has 2 fully saturated rings. The number of hydrogen-bond donors (Lipinski definition) is 1. The number of amides is 1. The van der Waals surface area contributed by atoms with Gasteiger partial charge in [0.25, 0.3) is 11.7 Å². The first kappa shape index (κ1) is 24.7. The third kappa shape index (κ3) is 4.62. The van der Waals surface area contributed by atoms with Crippen LogP contribution in [0.4, 0.5) is 15.8 Å². The fourth-order valence-electron chi connectivity index (χ4n) is 5.09. The van der Waals surface area contributed by atoms with Crippen molar-refractivity contribution in [3.8, 4) is 0 Å². The second-order valence-corrected chi connectivity index (χ2v) is 9.85. The molecule has 2 aliphatic rings. The van der Waals surface area contributed by atoms with Crippen molar-refractivity contribution >= 4 is 28.8 Å². The van der Waals surface area contributed by atoms with E-state index in [1.165, 1.54) is 23.1 Å². The minimum absolute atomic E-state index is 0.00949. The predicted octanol–water partition coefficient (Wildman–Crippen LogP) is 4.82. The standard InChI is InChI=1S/C30H30FN3O3/c1-19-5-4-6-21(17-19)27-26(28(35)22-7-12-25(31)20(2)18-22)29(36)30(37)34(27)24-10-8-23(9-11-24)33-15-13-32(3)14-16-33/h4-12,17-18,27,35H,13-16H2,1-3H3/b28-26-. The van der Waals surface area contributed by atoms with Gasteiger partial charge in [-0.1, -0.05) is 29.8 Å². The highest BCUT2D eigenvalue weighted by atomic mass is 19.1. The second-order valence-electron chi connectivity index (χ2n) is 9.85. The predicted molar refractivity (Wildman–Crippen MR) is 143 cm³/mol. The van der Waals surface area contributed by atoms with E-state index in [4.69, 9.17) is 0 Å². The first-order valence-corrected chi connectivity index (χ1v) is 12.4. The summed E-state index contributed by atoms with van der Waals surface area (Å²) in [5.74, 6) is -2.20. The van der Waals surface area contributed by atoms with Crippen molar-refractivity contribution in [3.05, 3.63) is 100 Å². The number of halogens is 1. The molecular formula is C30H30FN3O3. The molecule has 0 aromatic heterocycles. The first-order chi connectivity index (χ1) is 17.7. The van der Waals surface area contributed by atoms with Gasteiger partial charge in [0.2, 0.25) is 0 Å². The molecule has 2 saturated heterocycles. The van der Waals surface area contributed by atoms with Crippen molar-refractivity contribution < 1.29 is 19.1 Å². The number of ketones is 1. The molecule has 0 spiro atoms. The molecule has 1 atom stereocenters. The molecule has 3 aromatic rings. The minimum Gasteiger partial charge on any atom is -0.507 e. The largest absolute Gasteiger partial charge is 0.507 e. The minimum atomic E-state index is -0.820. The van der Waals surface area contributed by atoms with Gasteiger partial charge in [-0.15, -0.1) is 0 Å². The van der Waals surface area contributed by atoms with Gasteiger partial charge in [0.05, 0.1) is 11.6 Å². The highest BCUT2D eigenvalue weighted by Crippen LogP contribution is 2.42. The summed E-state index contributed by atoms with van der Waals surface area (Å²) in [6.45, 7) is 7.31. The van der Waals surface area contributed by atoms with Crippen molar-refractivity contribution in [2.45, 2.75) is 19.9 Å². The SMILES string of the molecule is Cc1cccc(C2/C(=C(/O)c3ccc(F)c(C)c3)C(=O)C(=O)N2c2ccc(N3CCN(C)CC3)cc2)c1. The van der Waals surface area contributed by atoms with Crippen LogP contribution in [0.3, 0.4) is 0 Å². The van der Waals surface area contributed by atoms with Gasteiger partial charge in [-0.05, 0) is 74.5 Å². The van der Waals surface area contributed by atoms with Gasteiger partial charge in [-0.3, -0.25) is 14.5 Å². The van der Waals surface area contributed by atoms with E-state index in [0.29, 0.717) is 22.4 Å². The lowest BCUT2D eigenvalue weighted by atomic mass is 9.94. The fourth-order valence-corrected chi connectivity index (χ4v) is 5.09. The van der Waals surface area contributed by atoms with Gasteiger partial charge in [0.1, 0.15) is 11.6 Å². The van der Waals surface area contributed by atoms with E-state index in [2.05, 4.69) is 16.8 Å². The Balaban J connectivity index is 1.59. The Kier molecular flexibility index (Phi) is 6.56. The third-order valence-corrected chi connectivity index (χ3v) is 7.23. The Morgan fingerprint density at radius 3 is 2.22 bits per heavy atom. The zero-order chi connectivity index (χ0) is 26.3. The molecule has 0 aliphatic carbocycles. The van der Waals surface area contributed by atoms with Crippen LogP contribution in [-0.4, -0.2) is 54.9 Å². The molecule has 2 aliphatic heterocycles. The number of hydrogen-bond acceptors (Lipinski definition) is 5. The van der Waals surface area contributed by atoms with E-state index < -0.39 is 23.5 Å². The van der Waals surface area contributed by atoms with Gasteiger partial charge < -0.3 is 14.9 Å². The summed E-state index contributed by atoms with van der Waals surface area (Å²) in [5.41, 5.74) is 3.92. The van der Waals surface area contributed by atoms with Crippen LogP contribution >= 0.6 is 0 Å². The lowest BCUT2D eigenvalue weighted by molar-refractivity contribution is -0.132. The van der Waals surface area contributed by atoms with Gasteiger partial charge in [-0.2, -0.15) is 0 Å². The van der Waals surface area contributed by atoms with E-state index in [0.717, 1.165) is 37.4 Å². The van der Waals surface area contributed by atoms with Crippen LogP contribution in [0.1, 0.15) is 28.3 Å². The summed E-state index contributed by atoms with van der Waals surface area (Å²) in [4.78, 5) is 32.8. The van der Waals surface area contributed by atoms with E-state index in [-0.39, 0.29) is 11.3 Å². The van der Waals surface area contributed by atoms with Gasteiger partial charge in [0, 0.05) is 43.1 Å². The number of carbonyl (C=O) groups is 2. The quantitative estimate of drug-likeness (QED) is 0.317. The van der Waals surface area contributed by atoms with E-state index in [1.807, 2.05) is 55.5 Å². The van der Waals surface area contributed by atoms with Crippen LogP contribution in [0.5, 0.6) is 0 Å². The molecule has 7 heteroatoms. The number of likely N-dealkylation sites (N-methyl/N-ethyl adjacent to an activating group) is 1. The molecule has 1 amide bonds. The normalized spacial score (nSPS) is 20.1. The molecule has 1 unspecified atom stereocenters. The molecule has 0 radical (unpaired) electrons. The summed E-state index contributed by atoms with van der Waals surface area (Å²) >= 11 is 0. The molecular weight excluding hydrogens is 469 g/mol. The molecule has 37 heavy (non-hydrogen) atoms. The molecule has 0 saturated carbocycles. The summed E-state index contributed by atoms with van der Waals surface area (Å²) < 4.78 is 13.9. The molecule has 3 aromatic carbocycles. The number of aryl methyl sites for hydroxylation is 2. The Bertz CT molecular complexity index is 1390. The highest BCUT2D eigenvalue weighted by molar-refractivity contribution is 6.51. The smallest absolute Gasteiger partial charge is 0.300 e. The highest BCUT2D eigenvalue weighted by Gasteiger charge is 2.47. The number of piperazine rings is 1. The average molecular weight is 500 g/mol. The van der Waals surface area contributed by atoms with E-state index in [1.54, 1.807) is 6.92 Å². The second kappa shape index (κ2) is 9.82. The summed E-state index contributed by atoms with van der Waals surface area (Å²) in [6, 6.07) is 18.5. The number of aliphatic hydroxyl groups is 1. The Labute approximate surface area is 216 Å². The fraction of sp³-hybridized carbons (Fsp3) is 0.267. The number of Topliss-reactive ketones (excluding diaryl/α,β-unsaturated/α-hetero) is 1. The number of nitrogens with zero attached hydrogens (tertiary/aromatic N) is 3. The van der Waals surface area contributed by atoms with Crippen LogP contribution in [0.25, 0.3) is 5.76 Å². The molecule has 5 rings (SSSR count). The number of carbonyl (C=O) groups excluding carboxylic acids is 2. The lowest BCUT2D eigenvalue weighted by Crippen LogP contribution is -2.44. The molecule has 1 N–H and O–H groups in total. The number of anilines is 2. The summed E-state index contributed by atoms with van der Waals surface area (Å²) in [5, 5.41) is 11.3. The van der Waals surface area contributed by atoms with E-state index in [9.17, 15) is 19.1 Å². The van der Waals surface area contributed by atoms with Crippen molar-refractivity contribution in [2.24, 2.45) is 0 Å². The Morgan fingerprint density at radius 2 is 1.57 bits per heavy atom. The van der Waals surface area contributed by atoms with Crippen molar-refractivity contribution in [1.82, 2.24) is 4.90 Å². The number of aliphatic hydroxyl groups excluding tert-OH is 1. The van der Waals surface area contributed by atoms with Crippen LogP contribution in [0.15, 0.2) is 72.3 Å². The average Bonchev–Trinajstić information content (AvgIpc) is 3.16. The monoisotopic (exact) mass is 499 g/mol. The van der Waals surface area contributed by atoms with Crippen LogP contribution in [-0.2, 0) is 9.59 Å². The molecule has 6 nitrogen and oxygen atoms in total. The first-order valence-electron chi connectivity index (χ1n) is 12.4. The van der Waals surface area contributed by atoms with Crippen LogP contribution in [0, 0.1) is 19.7 Å². The summed E-state index contributed by atoms with van der Waals surface area (Å²) in [6.07, 6.45) is 0. The van der Waals surface area contributed by atoms with Crippen LogP contribution in [0.2, 0.25) is 0 Å². The third-order valence-electron chi connectivity index (χ3n) is 7.23. The van der Waals surface area contributed by atoms with Gasteiger partial charge in [-0.25, -0.2) is 4.39 Å². The zero-order valence-corrected chi connectivity index (χ0v) is 21.2. The lowest BCUT2D eigenvalue weighted by Gasteiger charge is -2.34. The number of benzene rings is 3. The zero-order valence-electron chi connectivity index (χ0n) is 21.2. The van der Waals surface area contributed by atoms with Crippen molar-refractivity contribution in [3.63, 3.8) is 0 Å². The maximum Gasteiger partial charge on any atom is 0.300 e. The van der Waals surface area contributed by atoms with Crippen molar-refractivity contribution in [1.29, 1.82) is 0 Å².